The number of hydrogen-bond acceptors (Lipinski definition) is 1. The number of rotatable bonds is 1. The summed E-state index contributed by atoms with van der Waals surface area (Å²) in [5.41, 5.74) is 1.97. The van der Waals surface area contributed by atoms with E-state index in [2.05, 4.69) is 0 Å². The highest BCUT2D eigenvalue weighted by atomic mass is 35.5. The molecule has 1 aliphatic heterocycles. The van der Waals surface area contributed by atoms with Gasteiger partial charge in [-0.05, 0) is 18.2 Å². The number of benzene rings is 2. The molecule has 0 fully saturated rings. The standard InChI is InChI=1S/C14H8Cl3NO/c15-9-5-3-6-10(16)13(9)18-11-7-2-1-4-8(11)12(17)14(18)19/h1-7,12H. The van der Waals surface area contributed by atoms with Gasteiger partial charge in [0.2, 0.25) is 0 Å². The van der Waals surface area contributed by atoms with E-state index in [9.17, 15) is 4.79 Å². The molecular weight excluding hydrogens is 305 g/mol. The second kappa shape index (κ2) is 4.71. The zero-order chi connectivity index (χ0) is 13.6. The van der Waals surface area contributed by atoms with Gasteiger partial charge in [-0.1, -0.05) is 47.5 Å². The van der Waals surface area contributed by atoms with E-state index >= 15 is 0 Å². The van der Waals surface area contributed by atoms with E-state index in [0.717, 1.165) is 11.3 Å². The van der Waals surface area contributed by atoms with E-state index in [1.54, 1.807) is 18.2 Å². The van der Waals surface area contributed by atoms with Gasteiger partial charge in [-0.25, -0.2) is 0 Å². The monoisotopic (exact) mass is 311 g/mol. The fourth-order valence-corrected chi connectivity index (χ4v) is 3.05. The fourth-order valence-electron chi connectivity index (χ4n) is 2.20. The van der Waals surface area contributed by atoms with Gasteiger partial charge in [0.15, 0.2) is 0 Å². The Morgan fingerprint density at radius 1 is 0.947 bits per heavy atom. The predicted molar refractivity (Wildman–Crippen MR) is 78.6 cm³/mol. The van der Waals surface area contributed by atoms with Gasteiger partial charge >= 0.3 is 0 Å². The van der Waals surface area contributed by atoms with Crippen molar-refractivity contribution in [3.63, 3.8) is 0 Å². The van der Waals surface area contributed by atoms with Crippen molar-refractivity contribution >= 4 is 52.1 Å². The van der Waals surface area contributed by atoms with Crippen LogP contribution in [-0.2, 0) is 4.79 Å². The van der Waals surface area contributed by atoms with Crippen LogP contribution in [0.2, 0.25) is 10.0 Å². The van der Waals surface area contributed by atoms with Crippen molar-refractivity contribution in [2.45, 2.75) is 5.38 Å². The summed E-state index contributed by atoms with van der Waals surface area (Å²) in [6.45, 7) is 0. The number of alkyl halides is 1. The Morgan fingerprint density at radius 2 is 1.58 bits per heavy atom. The number of fused-ring (bicyclic) bond motifs is 1. The van der Waals surface area contributed by atoms with Gasteiger partial charge in [-0.3, -0.25) is 9.69 Å². The lowest BCUT2D eigenvalue weighted by Gasteiger charge is -2.20. The van der Waals surface area contributed by atoms with Crippen molar-refractivity contribution in [2.24, 2.45) is 0 Å². The average molecular weight is 313 g/mol. The highest BCUT2D eigenvalue weighted by Crippen LogP contribution is 2.47. The first-order valence-corrected chi connectivity index (χ1v) is 6.81. The molecule has 1 aliphatic rings. The molecule has 0 radical (unpaired) electrons. The van der Waals surface area contributed by atoms with Crippen molar-refractivity contribution in [1.29, 1.82) is 0 Å². The lowest BCUT2D eigenvalue weighted by Crippen LogP contribution is -2.22. The third-order valence-electron chi connectivity index (χ3n) is 3.05. The van der Waals surface area contributed by atoms with Crippen molar-refractivity contribution in [3.8, 4) is 0 Å². The number of nitrogens with zero attached hydrogens (tertiary/aromatic N) is 1. The number of carbonyl (C=O) groups excluding carboxylic acids is 1. The second-order valence-electron chi connectivity index (χ2n) is 4.17. The molecule has 0 saturated heterocycles. The summed E-state index contributed by atoms with van der Waals surface area (Å²) in [5.74, 6) is -0.238. The maximum absolute atomic E-state index is 12.3. The molecule has 1 atom stereocenters. The summed E-state index contributed by atoms with van der Waals surface area (Å²) in [6.07, 6.45) is 0. The molecule has 19 heavy (non-hydrogen) atoms. The van der Waals surface area contributed by atoms with Crippen LogP contribution in [0.25, 0.3) is 0 Å². The van der Waals surface area contributed by atoms with Crippen LogP contribution >= 0.6 is 34.8 Å². The zero-order valence-electron chi connectivity index (χ0n) is 9.61. The van der Waals surface area contributed by atoms with Gasteiger partial charge in [-0.2, -0.15) is 0 Å². The maximum atomic E-state index is 12.3. The highest BCUT2D eigenvalue weighted by Gasteiger charge is 2.38. The third-order valence-corrected chi connectivity index (χ3v) is 4.08. The predicted octanol–water partition coefficient (Wildman–Crippen LogP) is 4.95. The first-order valence-electron chi connectivity index (χ1n) is 5.62. The minimum Gasteiger partial charge on any atom is -0.276 e. The normalized spacial score (nSPS) is 17.7. The van der Waals surface area contributed by atoms with Crippen LogP contribution in [-0.4, -0.2) is 5.91 Å². The van der Waals surface area contributed by atoms with Crippen molar-refractivity contribution in [1.82, 2.24) is 0 Å². The molecule has 0 aliphatic carbocycles. The van der Waals surface area contributed by atoms with E-state index in [-0.39, 0.29) is 5.91 Å². The summed E-state index contributed by atoms with van der Waals surface area (Å²) in [4.78, 5) is 13.8. The van der Waals surface area contributed by atoms with Gasteiger partial charge in [-0.15, -0.1) is 11.6 Å². The van der Waals surface area contributed by atoms with E-state index in [4.69, 9.17) is 34.8 Å². The molecule has 1 unspecified atom stereocenters. The Balaban J connectivity index is 2.24. The van der Waals surface area contributed by atoms with Crippen molar-refractivity contribution < 1.29 is 4.79 Å². The van der Waals surface area contributed by atoms with Gasteiger partial charge in [0.05, 0.1) is 21.4 Å². The molecule has 1 amide bonds. The molecule has 2 nitrogen and oxygen atoms in total. The van der Waals surface area contributed by atoms with Crippen LogP contribution < -0.4 is 4.90 Å². The number of hydrogen-bond donors (Lipinski definition) is 0. The second-order valence-corrected chi connectivity index (χ2v) is 5.42. The maximum Gasteiger partial charge on any atom is 0.254 e. The van der Waals surface area contributed by atoms with Crippen LogP contribution in [0.1, 0.15) is 10.9 Å². The first kappa shape index (κ1) is 12.8. The Hall–Kier alpha value is -1.22. The van der Waals surface area contributed by atoms with Crippen molar-refractivity contribution in [2.75, 3.05) is 4.90 Å². The minimum atomic E-state index is -0.705. The zero-order valence-corrected chi connectivity index (χ0v) is 11.9. The molecule has 2 aromatic rings. The molecule has 2 aromatic carbocycles. The van der Waals surface area contributed by atoms with E-state index in [1.807, 2.05) is 24.3 Å². The van der Waals surface area contributed by atoms with Crippen LogP contribution in [0.4, 0.5) is 11.4 Å². The molecular formula is C14H8Cl3NO. The lowest BCUT2D eigenvalue weighted by atomic mass is 10.1. The Morgan fingerprint density at radius 3 is 2.26 bits per heavy atom. The molecule has 0 N–H and O–H groups in total. The minimum absolute atomic E-state index is 0.238. The van der Waals surface area contributed by atoms with E-state index in [1.165, 1.54) is 4.90 Å². The van der Waals surface area contributed by atoms with Crippen LogP contribution in [0, 0.1) is 0 Å². The largest absolute Gasteiger partial charge is 0.276 e. The molecule has 0 saturated carbocycles. The van der Waals surface area contributed by atoms with Gasteiger partial charge in [0, 0.05) is 5.56 Å². The summed E-state index contributed by atoms with van der Waals surface area (Å²) in [7, 11) is 0. The number of anilines is 2. The fraction of sp³-hybridized carbons (Fsp3) is 0.0714. The van der Waals surface area contributed by atoms with Crippen LogP contribution in [0.5, 0.6) is 0 Å². The Labute approximate surface area is 125 Å². The van der Waals surface area contributed by atoms with E-state index in [0.29, 0.717) is 15.7 Å². The molecule has 3 rings (SSSR count). The van der Waals surface area contributed by atoms with Gasteiger partial charge < -0.3 is 0 Å². The van der Waals surface area contributed by atoms with Gasteiger partial charge in [0.25, 0.3) is 5.91 Å². The van der Waals surface area contributed by atoms with Crippen LogP contribution in [0.15, 0.2) is 42.5 Å². The lowest BCUT2D eigenvalue weighted by molar-refractivity contribution is -0.117. The number of para-hydroxylation sites is 2. The third kappa shape index (κ3) is 1.91. The molecule has 0 spiro atoms. The smallest absolute Gasteiger partial charge is 0.254 e. The summed E-state index contributed by atoms with van der Waals surface area (Å²) in [5, 5.41) is 0.131. The highest BCUT2D eigenvalue weighted by molar-refractivity contribution is 6.43. The average Bonchev–Trinajstić information content (AvgIpc) is 2.64. The summed E-state index contributed by atoms with van der Waals surface area (Å²) >= 11 is 18.5. The molecule has 96 valence electrons. The summed E-state index contributed by atoms with van der Waals surface area (Å²) in [6, 6.07) is 12.5. The number of amides is 1. The summed E-state index contributed by atoms with van der Waals surface area (Å²) < 4.78 is 0. The molecule has 1 heterocycles. The first-order chi connectivity index (χ1) is 9.11. The molecule has 0 bridgehead atoms. The molecule has 0 aromatic heterocycles. The molecule has 5 heteroatoms. The SMILES string of the molecule is O=C1C(Cl)c2ccccc2N1c1c(Cl)cccc1Cl. The number of carbonyl (C=O) groups is 1. The quantitative estimate of drug-likeness (QED) is 0.682. The van der Waals surface area contributed by atoms with Gasteiger partial charge in [0.1, 0.15) is 5.38 Å². The van der Waals surface area contributed by atoms with E-state index < -0.39 is 5.38 Å². The van der Waals surface area contributed by atoms with Crippen molar-refractivity contribution in [3.05, 3.63) is 58.1 Å². The number of halogens is 3. The Kier molecular flexibility index (Phi) is 3.17. The Bertz CT molecular complexity index is 651. The topological polar surface area (TPSA) is 20.3 Å². The van der Waals surface area contributed by atoms with Crippen LogP contribution in [0.3, 0.4) is 0 Å².